The highest BCUT2D eigenvalue weighted by Gasteiger charge is 2.31. The van der Waals surface area contributed by atoms with Crippen molar-refractivity contribution in [3.05, 3.63) is 59.2 Å². The maximum atomic E-state index is 12.2. The van der Waals surface area contributed by atoms with E-state index in [0.29, 0.717) is 18.8 Å². The van der Waals surface area contributed by atoms with Crippen LogP contribution in [0.25, 0.3) is 0 Å². The fourth-order valence-electron chi connectivity index (χ4n) is 4.22. The number of hydrogen-bond acceptors (Lipinski definition) is 3. The van der Waals surface area contributed by atoms with Crippen molar-refractivity contribution in [2.75, 3.05) is 25.0 Å². The first-order valence-corrected chi connectivity index (χ1v) is 11.2. The molecule has 0 fully saturated rings. The quantitative estimate of drug-likeness (QED) is 0.528. The molecular weight excluding hydrogens is 388 g/mol. The van der Waals surface area contributed by atoms with E-state index >= 15 is 0 Å². The fourth-order valence-corrected chi connectivity index (χ4v) is 4.22. The Bertz CT molecular complexity index is 897. The van der Waals surface area contributed by atoms with Gasteiger partial charge in [0.15, 0.2) is 0 Å². The van der Waals surface area contributed by atoms with Crippen molar-refractivity contribution in [1.29, 1.82) is 0 Å². The first kappa shape index (κ1) is 24.4. The molecule has 0 saturated heterocycles. The van der Waals surface area contributed by atoms with Crippen molar-refractivity contribution < 1.29 is 14.3 Å². The fraction of sp³-hybridized carbons (Fsp3) is 0.462. The van der Waals surface area contributed by atoms with Gasteiger partial charge in [-0.05, 0) is 68.5 Å². The van der Waals surface area contributed by atoms with E-state index in [1.54, 1.807) is 23.8 Å². The van der Waals surface area contributed by atoms with Gasteiger partial charge < -0.3 is 14.5 Å². The number of amides is 2. The summed E-state index contributed by atoms with van der Waals surface area (Å²) in [6.07, 6.45) is 1.54. The third kappa shape index (κ3) is 5.09. The molecule has 31 heavy (non-hydrogen) atoms. The Kier molecular flexibility index (Phi) is 8.26. The lowest BCUT2D eigenvalue weighted by Crippen LogP contribution is -2.33. The lowest BCUT2D eigenvalue weighted by atomic mass is 9.70. The number of rotatable bonds is 8. The van der Waals surface area contributed by atoms with Gasteiger partial charge in [0.2, 0.25) is 5.91 Å². The van der Waals surface area contributed by atoms with Gasteiger partial charge in [-0.2, -0.15) is 0 Å². The van der Waals surface area contributed by atoms with E-state index in [0.717, 1.165) is 24.1 Å². The zero-order chi connectivity index (χ0) is 23.2. The summed E-state index contributed by atoms with van der Waals surface area (Å²) in [4.78, 5) is 27.4. The summed E-state index contributed by atoms with van der Waals surface area (Å²) in [5.74, 6) is 0.569. The number of carbonyl (C=O) groups is 2. The van der Waals surface area contributed by atoms with Crippen molar-refractivity contribution in [2.24, 2.45) is 0 Å². The monoisotopic (exact) mass is 424 g/mol. The molecule has 168 valence electrons. The van der Waals surface area contributed by atoms with Gasteiger partial charge in [-0.15, -0.1) is 0 Å². The maximum Gasteiger partial charge on any atom is 0.415 e. The van der Waals surface area contributed by atoms with Crippen LogP contribution in [-0.2, 0) is 10.2 Å². The van der Waals surface area contributed by atoms with Crippen molar-refractivity contribution in [2.45, 2.75) is 59.8 Å². The second-order valence-electron chi connectivity index (χ2n) is 7.93. The molecule has 0 aromatic heterocycles. The molecule has 0 atom stereocenters. The van der Waals surface area contributed by atoms with Crippen LogP contribution >= 0.6 is 0 Å². The largest absolute Gasteiger partial charge is 0.415 e. The Balaban J connectivity index is 2.37. The van der Waals surface area contributed by atoms with Crippen LogP contribution in [0.5, 0.6) is 5.75 Å². The van der Waals surface area contributed by atoms with E-state index in [1.165, 1.54) is 11.1 Å². The number of anilines is 1. The van der Waals surface area contributed by atoms with Crippen LogP contribution in [0.4, 0.5) is 10.5 Å². The minimum atomic E-state index is -0.323. The molecule has 0 radical (unpaired) electrons. The normalized spacial score (nSPS) is 11.2. The summed E-state index contributed by atoms with van der Waals surface area (Å²) in [6.45, 7) is 13.1. The van der Waals surface area contributed by atoms with Crippen LogP contribution in [0.3, 0.4) is 0 Å². The SMILES string of the molecule is CCN(CC)C(=O)Oc1ccc(C(CC)(CC)c2ccc(N(C)C(C)=O)c(C)c2)cc1. The zero-order valence-corrected chi connectivity index (χ0v) is 20.0. The third-order valence-electron chi connectivity index (χ3n) is 6.42. The molecule has 0 spiro atoms. The van der Waals surface area contributed by atoms with Crippen LogP contribution in [0.2, 0.25) is 0 Å². The second-order valence-corrected chi connectivity index (χ2v) is 7.93. The van der Waals surface area contributed by atoms with Gasteiger partial charge in [0.05, 0.1) is 0 Å². The van der Waals surface area contributed by atoms with Crippen LogP contribution in [0.1, 0.15) is 64.2 Å². The average Bonchev–Trinajstić information content (AvgIpc) is 2.76. The van der Waals surface area contributed by atoms with Gasteiger partial charge in [-0.3, -0.25) is 4.79 Å². The van der Waals surface area contributed by atoms with Crippen molar-refractivity contribution >= 4 is 17.7 Å². The number of hydrogen-bond donors (Lipinski definition) is 0. The standard InChI is InChI=1S/C26H36N2O3/c1-8-26(9-2,22-14-17-24(19(5)18-22)27(7)20(6)29)21-12-15-23(16-13-21)31-25(30)28(10-3)11-4/h12-18H,8-11H2,1-7H3. The summed E-state index contributed by atoms with van der Waals surface area (Å²) in [5, 5.41) is 0. The highest BCUT2D eigenvalue weighted by molar-refractivity contribution is 5.91. The lowest BCUT2D eigenvalue weighted by Gasteiger charge is -2.34. The molecule has 0 saturated carbocycles. The number of ether oxygens (including phenoxy) is 1. The van der Waals surface area contributed by atoms with Crippen LogP contribution in [-0.4, -0.2) is 37.0 Å². The Labute approximate surface area is 187 Å². The first-order valence-electron chi connectivity index (χ1n) is 11.2. The topological polar surface area (TPSA) is 49.9 Å². The van der Waals surface area contributed by atoms with Gasteiger partial charge in [0.1, 0.15) is 5.75 Å². The molecule has 0 aliphatic rings. The Morgan fingerprint density at radius 1 is 0.903 bits per heavy atom. The zero-order valence-electron chi connectivity index (χ0n) is 20.0. The summed E-state index contributed by atoms with van der Waals surface area (Å²) < 4.78 is 5.53. The molecule has 5 heteroatoms. The van der Waals surface area contributed by atoms with E-state index < -0.39 is 0 Å². The van der Waals surface area contributed by atoms with E-state index in [4.69, 9.17) is 4.74 Å². The summed E-state index contributed by atoms with van der Waals surface area (Å²) in [6, 6.07) is 14.2. The van der Waals surface area contributed by atoms with Gasteiger partial charge in [-0.25, -0.2) is 4.79 Å². The predicted octanol–water partition coefficient (Wildman–Crippen LogP) is 5.92. The van der Waals surface area contributed by atoms with Gasteiger partial charge in [-0.1, -0.05) is 38.1 Å². The molecule has 0 N–H and O–H groups in total. The Morgan fingerprint density at radius 3 is 1.90 bits per heavy atom. The Hall–Kier alpha value is -2.82. The van der Waals surface area contributed by atoms with Crippen LogP contribution < -0.4 is 9.64 Å². The van der Waals surface area contributed by atoms with E-state index in [1.807, 2.05) is 39.0 Å². The van der Waals surface area contributed by atoms with E-state index in [9.17, 15) is 9.59 Å². The molecule has 2 aromatic carbocycles. The number of nitrogens with zero attached hydrogens (tertiary/aromatic N) is 2. The summed E-state index contributed by atoms with van der Waals surface area (Å²) >= 11 is 0. The van der Waals surface area contributed by atoms with Crippen LogP contribution in [0, 0.1) is 6.92 Å². The molecule has 0 aliphatic carbocycles. The molecule has 2 aromatic rings. The van der Waals surface area contributed by atoms with Gasteiger partial charge >= 0.3 is 6.09 Å². The molecular formula is C26H36N2O3. The molecule has 0 unspecified atom stereocenters. The maximum absolute atomic E-state index is 12.2. The third-order valence-corrected chi connectivity index (χ3v) is 6.42. The van der Waals surface area contributed by atoms with Crippen LogP contribution in [0.15, 0.2) is 42.5 Å². The smallest absolute Gasteiger partial charge is 0.410 e. The summed E-state index contributed by atoms with van der Waals surface area (Å²) in [7, 11) is 1.80. The predicted molar refractivity (Wildman–Crippen MR) is 127 cm³/mol. The van der Waals surface area contributed by atoms with Gasteiger partial charge in [0.25, 0.3) is 0 Å². The van der Waals surface area contributed by atoms with Crippen molar-refractivity contribution in [3.63, 3.8) is 0 Å². The number of carbonyl (C=O) groups excluding carboxylic acids is 2. The minimum absolute atomic E-state index is 0.0166. The number of benzene rings is 2. The first-order chi connectivity index (χ1) is 14.7. The van der Waals surface area contributed by atoms with Gasteiger partial charge in [0, 0.05) is 38.2 Å². The molecule has 2 amide bonds. The van der Waals surface area contributed by atoms with Crippen molar-refractivity contribution in [1.82, 2.24) is 4.90 Å². The molecule has 0 bridgehead atoms. The average molecular weight is 425 g/mol. The molecule has 0 aliphatic heterocycles. The molecule has 0 heterocycles. The highest BCUT2D eigenvalue weighted by atomic mass is 16.6. The lowest BCUT2D eigenvalue weighted by molar-refractivity contribution is -0.116. The van der Waals surface area contributed by atoms with E-state index in [-0.39, 0.29) is 17.4 Å². The highest BCUT2D eigenvalue weighted by Crippen LogP contribution is 2.40. The Morgan fingerprint density at radius 2 is 1.45 bits per heavy atom. The molecule has 5 nitrogen and oxygen atoms in total. The number of aryl methyl sites for hydroxylation is 1. The second kappa shape index (κ2) is 10.5. The minimum Gasteiger partial charge on any atom is -0.410 e. The van der Waals surface area contributed by atoms with E-state index in [2.05, 4.69) is 38.1 Å². The summed E-state index contributed by atoms with van der Waals surface area (Å²) in [5.41, 5.74) is 4.26. The van der Waals surface area contributed by atoms with Crippen molar-refractivity contribution in [3.8, 4) is 5.75 Å². The molecule has 2 rings (SSSR count).